The second kappa shape index (κ2) is 10.3. The Morgan fingerprint density at radius 1 is 1.17 bits per heavy atom. The molecule has 0 aliphatic carbocycles. The number of ether oxygens (including phenoxy) is 1. The minimum absolute atomic E-state index is 0.113. The third-order valence-electron chi connectivity index (χ3n) is 4.57. The van der Waals surface area contributed by atoms with E-state index in [1.165, 1.54) is 5.56 Å². The zero-order valence-corrected chi connectivity index (χ0v) is 15.6. The van der Waals surface area contributed by atoms with Crippen molar-refractivity contribution in [2.45, 2.75) is 72.3 Å². The Morgan fingerprint density at radius 3 is 2.42 bits per heavy atom. The molecule has 0 heterocycles. The van der Waals surface area contributed by atoms with Gasteiger partial charge in [0.2, 0.25) is 0 Å². The first kappa shape index (κ1) is 20.4. The highest BCUT2D eigenvalue weighted by molar-refractivity contribution is 5.73. The van der Waals surface area contributed by atoms with Gasteiger partial charge in [-0.05, 0) is 38.7 Å². The minimum atomic E-state index is -0.673. The lowest BCUT2D eigenvalue weighted by atomic mass is 9.84. The van der Waals surface area contributed by atoms with E-state index in [0.717, 1.165) is 38.4 Å². The van der Waals surface area contributed by atoms with Crippen molar-refractivity contribution in [2.75, 3.05) is 0 Å². The predicted molar refractivity (Wildman–Crippen MR) is 97.8 cm³/mol. The molecule has 0 bridgehead atoms. The second-order valence-corrected chi connectivity index (χ2v) is 7.29. The minimum Gasteiger partial charge on any atom is -0.461 e. The molecule has 0 radical (unpaired) electrons. The van der Waals surface area contributed by atoms with Crippen LogP contribution in [0.2, 0.25) is 0 Å². The van der Waals surface area contributed by atoms with Crippen LogP contribution in [0.1, 0.15) is 65.4 Å². The van der Waals surface area contributed by atoms with Crippen LogP contribution in [0.5, 0.6) is 0 Å². The smallest absolute Gasteiger partial charge is 0.308 e. The van der Waals surface area contributed by atoms with E-state index in [0.29, 0.717) is 6.42 Å². The first-order valence-corrected chi connectivity index (χ1v) is 9.11. The van der Waals surface area contributed by atoms with Gasteiger partial charge in [0.1, 0.15) is 12.4 Å². The van der Waals surface area contributed by atoms with E-state index in [-0.39, 0.29) is 11.9 Å². The summed E-state index contributed by atoms with van der Waals surface area (Å²) in [5.74, 6) is -0.294. The molecule has 3 heteroatoms. The van der Waals surface area contributed by atoms with Crippen LogP contribution in [0, 0.1) is 11.3 Å². The van der Waals surface area contributed by atoms with E-state index < -0.39 is 11.5 Å². The van der Waals surface area contributed by atoms with Crippen LogP contribution in [-0.4, -0.2) is 18.4 Å². The van der Waals surface area contributed by atoms with E-state index in [1.54, 1.807) is 0 Å². The number of unbranched alkanes of at least 4 members (excludes halogenated alkanes) is 2. The molecule has 0 spiro atoms. The molecule has 0 aromatic heterocycles. The summed E-state index contributed by atoms with van der Waals surface area (Å²) in [6, 6.07) is 10.1. The van der Waals surface area contributed by atoms with Crippen molar-refractivity contribution >= 4 is 12.3 Å². The van der Waals surface area contributed by atoms with Crippen LogP contribution in [0.25, 0.3) is 0 Å². The molecule has 2 atom stereocenters. The molecule has 1 unspecified atom stereocenters. The monoisotopic (exact) mass is 332 g/mol. The Bertz CT molecular complexity index is 493. The summed E-state index contributed by atoms with van der Waals surface area (Å²) >= 11 is 0. The molecule has 134 valence electrons. The first-order chi connectivity index (χ1) is 11.4. The maximum absolute atomic E-state index is 12.4. The highest BCUT2D eigenvalue weighted by Crippen LogP contribution is 2.26. The lowest BCUT2D eigenvalue weighted by molar-refractivity contribution is -0.161. The third kappa shape index (κ3) is 6.86. The summed E-state index contributed by atoms with van der Waals surface area (Å²) in [7, 11) is 0. The van der Waals surface area contributed by atoms with Crippen LogP contribution in [0.4, 0.5) is 0 Å². The third-order valence-corrected chi connectivity index (χ3v) is 4.57. The Labute approximate surface area is 146 Å². The van der Waals surface area contributed by atoms with Gasteiger partial charge in [-0.2, -0.15) is 0 Å². The SMILES string of the molecule is CCCCCC(C)C(=O)O[C@H](CCc1ccccc1)C(C)(C)C=O. The Hall–Kier alpha value is -1.64. The number of aldehydes is 1. The molecule has 1 aromatic carbocycles. The van der Waals surface area contributed by atoms with Gasteiger partial charge in [-0.1, -0.05) is 63.4 Å². The molecule has 0 amide bonds. The van der Waals surface area contributed by atoms with Crippen molar-refractivity contribution in [3.63, 3.8) is 0 Å². The fourth-order valence-corrected chi connectivity index (χ4v) is 2.68. The summed E-state index contributed by atoms with van der Waals surface area (Å²) in [6.07, 6.45) is 6.12. The number of hydrogen-bond donors (Lipinski definition) is 0. The topological polar surface area (TPSA) is 43.4 Å². The van der Waals surface area contributed by atoms with Gasteiger partial charge in [0.25, 0.3) is 0 Å². The number of carbonyl (C=O) groups is 2. The van der Waals surface area contributed by atoms with Crippen molar-refractivity contribution in [3.8, 4) is 0 Å². The number of aryl methyl sites for hydroxylation is 1. The van der Waals surface area contributed by atoms with Crippen LogP contribution in [0.3, 0.4) is 0 Å². The van der Waals surface area contributed by atoms with Crippen molar-refractivity contribution in [3.05, 3.63) is 35.9 Å². The maximum atomic E-state index is 12.4. The van der Waals surface area contributed by atoms with Gasteiger partial charge in [-0.25, -0.2) is 0 Å². The van der Waals surface area contributed by atoms with Gasteiger partial charge in [0, 0.05) is 0 Å². The molecular weight excluding hydrogens is 300 g/mol. The Kier molecular flexibility index (Phi) is 8.73. The summed E-state index contributed by atoms with van der Waals surface area (Å²) in [4.78, 5) is 23.8. The van der Waals surface area contributed by atoms with Crippen molar-refractivity contribution in [1.82, 2.24) is 0 Å². The zero-order valence-electron chi connectivity index (χ0n) is 15.6. The maximum Gasteiger partial charge on any atom is 0.308 e. The lowest BCUT2D eigenvalue weighted by Gasteiger charge is -2.30. The van der Waals surface area contributed by atoms with Crippen LogP contribution in [0.15, 0.2) is 30.3 Å². The number of esters is 1. The highest BCUT2D eigenvalue weighted by atomic mass is 16.5. The molecule has 24 heavy (non-hydrogen) atoms. The van der Waals surface area contributed by atoms with Gasteiger partial charge in [-0.15, -0.1) is 0 Å². The normalized spacial score (nSPS) is 14.0. The molecule has 0 fully saturated rings. The lowest BCUT2D eigenvalue weighted by Crippen LogP contribution is -2.37. The fraction of sp³-hybridized carbons (Fsp3) is 0.619. The summed E-state index contributed by atoms with van der Waals surface area (Å²) in [5, 5.41) is 0. The van der Waals surface area contributed by atoms with Crippen molar-refractivity contribution in [2.24, 2.45) is 11.3 Å². The van der Waals surface area contributed by atoms with Gasteiger partial charge < -0.3 is 9.53 Å². The van der Waals surface area contributed by atoms with Crippen molar-refractivity contribution < 1.29 is 14.3 Å². The Morgan fingerprint density at radius 2 is 1.83 bits per heavy atom. The van der Waals surface area contributed by atoms with Crippen LogP contribution < -0.4 is 0 Å². The molecule has 3 nitrogen and oxygen atoms in total. The second-order valence-electron chi connectivity index (χ2n) is 7.29. The molecule has 0 saturated carbocycles. The number of hydrogen-bond acceptors (Lipinski definition) is 3. The molecule has 0 saturated heterocycles. The van der Waals surface area contributed by atoms with E-state index in [4.69, 9.17) is 4.74 Å². The number of benzene rings is 1. The predicted octanol–water partition coefficient (Wildman–Crippen LogP) is 4.97. The van der Waals surface area contributed by atoms with Gasteiger partial charge >= 0.3 is 5.97 Å². The molecule has 1 rings (SSSR count). The molecule has 1 aromatic rings. The highest BCUT2D eigenvalue weighted by Gasteiger charge is 2.33. The largest absolute Gasteiger partial charge is 0.461 e. The summed E-state index contributed by atoms with van der Waals surface area (Å²) in [6.45, 7) is 7.74. The van der Waals surface area contributed by atoms with E-state index in [1.807, 2.05) is 39.0 Å². The van der Waals surface area contributed by atoms with Gasteiger partial charge in [-0.3, -0.25) is 4.79 Å². The molecular formula is C21H32O3. The standard InChI is InChI=1S/C21H32O3/c1-5-6-8-11-17(2)20(23)24-19(21(3,4)16-22)15-14-18-12-9-7-10-13-18/h7,9-10,12-13,16-17,19H,5-6,8,11,14-15H2,1-4H3/t17?,19-/m1/s1. The fourth-order valence-electron chi connectivity index (χ4n) is 2.68. The van der Waals surface area contributed by atoms with E-state index in [2.05, 4.69) is 19.1 Å². The van der Waals surface area contributed by atoms with Gasteiger partial charge in [0.15, 0.2) is 0 Å². The van der Waals surface area contributed by atoms with Crippen LogP contribution in [-0.2, 0) is 20.7 Å². The molecule has 0 aliphatic heterocycles. The Balaban J connectivity index is 2.65. The quantitative estimate of drug-likeness (QED) is 0.326. The van der Waals surface area contributed by atoms with Crippen molar-refractivity contribution in [1.29, 1.82) is 0 Å². The van der Waals surface area contributed by atoms with E-state index in [9.17, 15) is 9.59 Å². The summed E-state index contributed by atoms with van der Waals surface area (Å²) in [5.41, 5.74) is 0.518. The van der Waals surface area contributed by atoms with E-state index >= 15 is 0 Å². The molecule has 0 N–H and O–H groups in total. The summed E-state index contributed by atoms with van der Waals surface area (Å²) < 4.78 is 5.75. The number of rotatable bonds is 11. The molecule has 0 aliphatic rings. The zero-order chi connectivity index (χ0) is 18.0. The number of carbonyl (C=O) groups excluding carboxylic acids is 2. The van der Waals surface area contributed by atoms with Gasteiger partial charge in [0.05, 0.1) is 11.3 Å². The average molecular weight is 332 g/mol. The average Bonchev–Trinajstić information content (AvgIpc) is 2.59. The first-order valence-electron chi connectivity index (χ1n) is 9.11. The van der Waals surface area contributed by atoms with Crippen LogP contribution >= 0.6 is 0 Å².